The van der Waals surface area contributed by atoms with Crippen molar-refractivity contribution in [2.45, 2.75) is 26.4 Å². The second-order valence-electron chi connectivity index (χ2n) is 3.94. The number of hydrogen-bond acceptors (Lipinski definition) is 1. The van der Waals surface area contributed by atoms with Gasteiger partial charge in [-0.1, -0.05) is 6.92 Å². The molecule has 0 spiro atoms. The lowest BCUT2D eigenvalue weighted by Gasteiger charge is -2.22. The molecular weight excluding hydrogens is 195 g/mol. The molecule has 82 valence electrons. The third kappa shape index (κ3) is 2.39. The van der Waals surface area contributed by atoms with Gasteiger partial charge in [0.05, 0.1) is 0 Å². The van der Waals surface area contributed by atoms with Gasteiger partial charge in [-0.25, -0.2) is 0 Å². The van der Waals surface area contributed by atoms with E-state index in [9.17, 15) is 18.0 Å². The second kappa shape index (κ2) is 3.79. The molecule has 0 aliphatic carbocycles. The van der Waals surface area contributed by atoms with Crippen LogP contribution >= 0.6 is 0 Å². The number of hydrogen-bond donors (Lipinski definition) is 0. The Labute approximate surface area is 81.1 Å². The molecule has 14 heavy (non-hydrogen) atoms. The number of amides is 1. The highest BCUT2D eigenvalue weighted by atomic mass is 19.4. The fraction of sp³-hybridized carbons (Fsp3) is 0.889. The van der Waals surface area contributed by atoms with Gasteiger partial charge in [0.1, 0.15) is 5.92 Å². The van der Waals surface area contributed by atoms with Gasteiger partial charge in [-0.05, 0) is 19.3 Å². The fourth-order valence-electron chi connectivity index (χ4n) is 1.55. The molecule has 1 unspecified atom stereocenters. The molecule has 0 saturated carbocycles. The van der Waals surface area contributed by atoms with E-state index in [0.717, 1.165) is 13.3 Å². The van der Waals surface area contributed by atoms with Gasteiger partial charge in [0, 0.05) is 13.1 Å². The van der Waals surface area contributed by atoms with Crippen molar-refractivity contribution in [3.63, 3.8) is 0 Å². The highest BCUT2D eigenvalue weighted by Gasteiger charge is 2.43. The summed E-state index contributed by atoms with van der Waals surface area (Å²) in [5, 5.41) is 0. The van der Waals surface area contributed by atoms with Gasteiger partial charge in [0.25, 0.3) is 0 Å². The molecule has 1 heterocycles. The van der Waals surface area contributed by atoms with Crippen LogP contribution in [0.25, 0.3) is 0 Å². The molecule has 0 aromatic carbocycles. The Bertz CT molecular complexity index is 227. The molecule has 2 nitrogen and oxygen atoms in total. The zero-order valence-electron chi connectivity index (χ0n) is 8.27. The third-order valence-electron chi connectivity index (χ3n) is 2.60. The standard InChI is InChI=1S/C9H14F3NO/c1-6-3-4-13(5-6)8(14)7(2)9(10,11)12/h6-7H,3-5H2,1-2H3/t6?,7-/m0/s1. The van der Waals surface area contributed by atoms with E-state index in [2.05, 4.69) is 0 Å². The van der Waals surface area contributed by atoms with E-state index >= 15 is 0 Å². The predicted octanol–water partition coefficient (Wildman–Crippen LogP) is 2.05. The smallest absolute Gasteiger partial charge is 0.342 e. The summed E-state index contributed by atoms with van der Waals surface area (Å²) in [6.07, 6.45) is -3.61. The van der Waals surface area contributed by atoms with Crippen molar-refractivity contribution < 1.29 is 18.0 Å². The number of alkyl halides is 3. The molecule has 2 atom stereocenters. The maximum Gasteiger partial charge on any atom is 0.400 e. The largest absolute Gasteiger partial charge is 0.400 e. The Morgan fingerprint density at radius 2 is 2.07 bits per heavy atom. The van der Waals surface area contributed by atoms with E-state index in [1.54, 1.807) is 0 Å². The summed E-state index contributed by atoms with van der Waals surface area (Å²) >= 11 is 0. The van der Waals surface area contributed by atoms with Crippen LogP contribution in [0.15, 0.2) is 0 Å². The van der Waals surface area contributed by atoms with Crippen LogP contribution in [-0.4, -0.2) is 30.1 Å². The normalized spacial score (nSPS) is 25.2. The summed E-state index contributed by atoms with van der Waals surface area (Å²) in [5.74, 6) is -2.34. The van der Waals surface area contributed by atoms with Crippen LogP contribution in [0.3, 0.4) is 0 Å². The van der Waals surface area contributed by atoms with Crippen LogP contribution in [0.5, 0.6) is 0 Å². The first-order valence-electron chi connectivity index (χ1n) is 4.68. The zero-order chi connectivity index (χ0) is 10.9. The molecular formula is C9H14F3NO. The number of carbonyl (C=O) groups excluding carboxylic acids is 1. The van der Waals surface area contributed by atoms with Gasteiger partial charge >= 0.3 is 6.18 Å². The summed E-state index contributed by atoms with van der Waals surface area (Å²) in [5.41, 5.74) is 0. The van der Waals surface area contributed by atoms with E-state index in [-0.39, 0.29) is 0 Å². The Morgan fingerprint density at radius 3 is 2.43 bits per heavy atom. The SMILES string of the molecule is CC1CCN(C(=O)[C@H](C)C(F)(F)F)C1. The Balaban J connectivity index is 2.57. The summed E-state index contributed by atoms with van der Waals surface area (Å²) in [4.78, 5) is 12.7. The van der Waals surface area contributed by atoms with Gasteiger partial charge in [0.2, 0.25) is 5.91 Å². The number of nitrogens with zero attached hydrogens (tertiary/aromatic N) is 1. The number of rotatable bonds is 1. The Kier molecular flexibility index (Phi) is 3.07. The quantitative estimate of drug-likeness (QED) is 0.647. The van der Waals surface area contributed by atoms with Crippen molar-refractivity contribution in [1.82, 2.24) is 4.90 Å². The van der Waals surface area contributed by atoms with Crippen LogP contribution < -0.4 is 0 Å². The molecule has 1 rings (SSSR count). The van der Waals surface area contributed by atoms with Crippen LogP contribution in [0.2, 0.25) is 0 Å². The number of halogens is 3. The monoisotopic (exact) mass is 209 g/mol. The molecule has 1 aliphatic heterocycles. The first kappa shape index (κ1) is 11.3. The molecule has 1 amide bonds. The maximum atomic E-state index is 12.2. The van der Waals surface area contributed by atoms with Crippen molar-refractivity contribution in [2.75, 3.05) is 13.1 Å². The lowest BCUT2D eigenvalue weighted by molar-refractivity contribution is -0.184. The van der Waals surface area contributed by atoms with Gasteiger partial charge in [0.15, 0.2) is 0 Å². The van der Waals surface area contributed by atoms with Crippen molar-refractivity contribution in [3.8, 4) is 0 Å². The fourth-order valence-corrected chi connectivity index (χ4v) is 1.55. The van der Waals surface area contributed by atoms with Gasteiger partial charge in [-0.2, -0.15) is 13.2 Å². The molecule has 5 heteroatoms. The minimum Gasteiger partial charge on any atom is -0.342 e. The highest BCUT2D eigenvalue weighted by Crippen LogP contribution is 2.29. The molecule has 0 bridgehead atoms. The molecule has 0 N–H and O–H groups in total. The lowest BCUT2D eigenvalue weighted by atomic mass is 10.1. The highest BCUT2D eigenvalue weighted by molar-refractivity contribution is 5.79. The number of carbonyl (C=O) groups is 1. The average molecular weight is 209 g/mol. The Morgan fingerprint density at radius 1 is 1.50 bits per heavy atom. The maximum absolute atomic E-state index is 12.2. The van der Waals surface area contributed by atoms with Crippen LogP contribution in [-0.2, 0) is 4.79 Å². The molecule has 1 aliphatic rings. The van der Waals surface area contributed by atoms with E-state index in [4.69, 9.17) is 0 Å². The van der Waals surface area contributed by atoms with E-state index < -0.39 is 18.0 Å². The van der Waals surface area contributed by atoms with Gasteiger partial charge in [-0.3, -0.25) is 4.79 Å². The minimum atomic E-state index is -4.41. The number of likely N-dealkylation sites (tertiary alicyclic amines) is 1. The first-order chi connectivity index (χ1) is 6.32. The molecule has 0 radical (unpaired) electrons. The predicted molar refractivity (Wildman–Crippen MR) is 45.6 cm³/mol. The Hall–Kier alpha value is -0.740. The van der Waals surface area contributed by atoms with E-state index in [1.807, 2.05) is 6.92 Å². The molecule has 0 aromatic heterocycles. The third-order valence-corrected chi connectivity index (χ3v) is 2.60. The second-order valence-corrected chi connectivity index (χ2v) is 3.94. The van der Waals surface area contributed by atoms with Crippen LogP contribution in [0, 0.1) is 11.8 Å². The van der Waals surface area contributed by atoms with Gasteiger partial charge in [-0.15, -0.1) is 0 Å². The first-order valence-corrected chi connectivity index (χ1v) is 4.68. The van der Waals surface area contributed by atoms with E-state index in [0.29, 0.717) is 19.0 Å². The summed E-state index contributed by atoms with van der Waals surface area (Å²) in [7, 11) is 0. The summed E-state index contributed by atoms with van der Waals surface area (Å²) in [6, 6.07) is 0. The summed E-state index contributed by atoms with van der Waals surface area (Å²) in [6.45, 7) is 3.77. The molecule has 0 aromatic rings. The molecule has 1 saturated heterocycles. The van der Waals surface area contributed by atoms with Gasteiger partial charge < -0.3 is 4.90 Å². The van der Waals surface area contributed by atoms with Crippen molar-refractivity contribution in [1.29, 1.82) is 0 Å². The van der Waals surface area contributed by atoms with Crippen molar-refractivity contribution >= 4 is 5.91 Å². The van der Waals surface area contributed by atoms with Crippen LogP contribution in [0.4, 0.5) is 13.2 Å². The summed E-state index contributed by atoms with van der Waals surface area (Å²) < 4.78 is 36.6. The van der Waals surface area contributed by atoms with Crippen molar-refractivity contribution in [2.24, 2.45) is 11.8 Å². The lowest BCUT2D eigenvalue weighted by Crippen LogP contribution is -2.39. The van der Waals surface area contributed by atoms with E-state index in [1.165, 1.54) is 4.90 Å². The van der Waals surface area contributed by atoms with Crippen molar-refractivity contribution in [3.05, 3.63) is 0 Å². The minimum absolute atomic E-state index is 0.319. The topological polar surface area (TPSA) is 20.3 Å². The average Bonchev–Trinajstić information content (AvgIpc) is 2.47. The molecule has 1 fully saturated rings. The van der Waals surface area contributed by atoms with Crippen LogP contribution in [0.1, 0.15) is 20.3 Å². The zero-order valence-corrected chi connectivity index (χ0v) is 8.27.